The molecule has 1 fully saturated rings. The van der Waals surface area contributed by atoms with E-state index in [0.29, 0.717) is 26.1 Å². The van der Waals surface area contributed by atoms with Crippen molar-refractivity contribution in [1.82, 2.24) is 0 Å². The molecule has 2 rings (SSSR count). The molecule has 39 heavy (non-hydrogen) atoms. The lowest BCUT2D eigenvalue weighted by Crippen LogP contribution is -2.39. The van der Waals surface area contributed by atoms with Gasteiger partial charge in [0.15, 0.2) is 6.29 Å². The molecule has 0 aromatic heterocycles. The van der Waals surface area contributed by atoms with Crippen molar-refractivity contribution in [2.75, 3.05) is 6.61 Å². The Morgan fingerprint density at radius 3 is 2.10 bits per heavy atom. The van der Waals surface area contributed by atoms with E-state index in [4.69, 9.17) is 14.2 Å². The lowest BCUT2D eigenvalue weighted by molar-refractivity contribution is -0.209. The van der Waals surface area contributed by atoms with Crippen LogP contribution in [0.5, 0.6) is 0 Å². The minimum atomic E-state index is -0.753. The summed E-state index contributed by atoms with van der Waals surface area (Å²) < 4.78 is 18.8. The highest BCUT2D eigenvalue weighted by Crippen LogP contribution is 2.28. The van der Waals surface area contributed by atoms with Crippen molar-refractivity contribution in [3.05, 3.63) is 35.9 Å². The molecule has 0 aliphatic carbocycles. The Morgan fingerprint density at radius 1 is 0.872 bits per heavy atom. The topological polar surface area (TPSA) is 65.0 Å². The van der Waals surface area contributed by atoms with E-state index >= 15 is 0 Å². The van der Waals surface area contributed by atoms with Gasteiger partial charge >= 0.3 is 5.97 Å². The molecule has 0 bridgehead atoms. The van der Waals surface area contributed by atoms with E-state index in [-0.39, 0.29) is 12.4 Å². The van der Waals surface area contributed by atoms with Crippen LogP contribution in [0.25, 0.3) is 0 Å². The maximum atomic E-state index is 12.5. The lowest BCUT2D eigenvalue weighted by Gasteiger charge is -2.33. The Labute approximate surface area is 239 Å². The number of carboxylic acids is 1. The zero-order valence-corrected chi connectivity index (χ0v) is 25.1. The van der Waals surface area contributed by atoms with Gasteiger partial charge in [-0.05, 0) is 37.7 Å². The van der Waals surface area contributed by atoms with Crippen molar-refractivity contribution >= 4 is 5.97 Å². The predicted octanol–water partition coefficient (Wildman–Crippen LogP) is 9.47. The molecule has 0 amide bonds. The second-order valence-corrected chi connectivity index (χ2v) is 11.5. The van der Waals surface area contributed by atoms with Crippen LogP contribution in [0.1, 0.15) is 141 Å². The van der Waals surface area contributed by atoms with Gasteiger partial charge in [0, 0.05) is 13.0 Å². The monoisotopic (exact) mass is 546 g/mol. The average molecular weight is 547 g/mol. The highest BCUT2D eigenvalue weighted by molar-refractivity contribution is 5.70. The summed E-state index contributed by atoms with van der Waals surface area (Å²) in [6.07, 6.45) is 20.3. The predicted molar refractivity (Wildman–Crippen MR) is 160 cm³/mol. The number of carbonyl (C=O) groups is 1. The molecule has 5 heteroatoms. The fourth-order valence-corrected chi connectivity index (χ4v) is 5.59. The molecule has 1 N–H and O–H groups in total. The normalized spacial score (nSPS) is 18.1. The number of aliphatic carboxylic acids is 1. The van der Waals surface area contributed by atoms with Crippen LogP contribution in [-0.2, 0) is 25.6 Å². The first-order valence-corrected chi connectivity index (χ1v) is 16.3. The summed E-state index contributed by atoms with van der Waals surface area (Å²) in [5, 5.41) is 10.2. The standard InChI is InChI=1S/C34H58O5/c1-3-5-7-9-10-11-12-13-17-23-30(38-28-29-21-15-14-16-22-29)27-32(39-33-25-19-20-26-37-33)31(34(35)36)24-18-8-6-4-2/h14-16,21-22,30-33H,3-13,17-20,23-28H2,1-2H3,(H,35,36). The third-order valence-electron chi connectivity index (χ3n) is 8.05. The Kier molecular flexibility index (Phi) is 19.3. The molecule has 1 heterocycles. The van der Waals surface area contributed by atoms with Gasteiger partial charge < -0.3 is 19.3 Å². The fourth-order valence-electron chi connectivity index (χ4n) is 5.59. The van der Waals surface area contributed by atoms with Crippen LogP contribution in [0, 0.1) is 5.92 Å². The molecule has 0 radical (unpaired) electrons. The minimum Gasteiger partial charge on any atom is -0.481 e. The zero-order valence-electron chi connectivity index (χ0n) is 25.1. The lowest BCUT2D eigenvalue weighted by atomic mass is 9.90. The largest absolute Gasteiger partial charge is 0.481 e. The van der Waals surface area contributed by atoms with Crippen LogP contribution in [0.4, 0.5) is 0 Å². The van der Waals surface area contributed by atoms with Gasteiger partial charge in [-0.25, -0.2) is 0 Å². The Hall–Kier alpha value is -1.43. The van der Waals surface area contributed by atoms with Crippen molar-refractivity contribution in [2.45, 2.75) is 161 Å². The molecule has 1 saturated heterocycles. The van der Waals surface area contributed by atoms with Gasteiger partial charge in [-0.2, -0.15) is 0 Å². The van der Waals surface area contributed by atoms with E-state index in [1.54, 1.807) is 0 Å². The summed E-state index contributed by atoms with van der Waals surface area (Å²) in [6.45, 7) is 5.68. The molecule has 4 atom stereocenters. The van der Waals surface area contributed by atoms with Gasteiger partial charge in [0.25, 0.3) is 0 Å². The molecule has 1 aromatic rings. The molecule has 0 saturated carbocycles. The third kappa shape index (κ3) is 15.8. The first-order valence-electron chi connectivity index (χ1n) is 16.3. The first kappa shape index (κ1) is 33.8. The van der Waals surface area contributed by atoms with E-state index in [9.17, 15) is 9.90 Å². The molecule has 1 aromatic carbocycles. The van der Waals surface area contributed by atoms with Crippen molar-refractivity contribution in [3.63, 3.8) is 0 Å². The van der Waals surface area contributed by atoms with Crippen molar-refractivity contribution < 1.29 is 24.1 Å². The SMILES string of the molecule is CCCCCCCCCCCC(CC(OC1CCCCO1)C(CCCCCC)C(=O)O)OCc1ccccc1. The Morgan fingerprint density at radius 2 is 1.49 bits per heavy atom. The number of carboxylic acid groups (broad SMARTS) is 1. The molecule has 0 spiro atoms. The van der Waals surface area contributed by atoms with Crippen molar-refractivity contribution in [3.8, 4) is 0 Å². The molecule has 5 nitrogen and oxygen atoms in total. The summed E-state index contributed by atoms with van der Waals surface area (Å²) >= 11 is 0. The quantitative estimate of drug-likeness (QED) is 0.131. The molecule has 1 aliphatic rings. The number of hydrogen-bond acceptors (Lipinski definition) is 4. The van der Waals surface area contributed by atoms with Gasteiger partial charge in [-0.1, -0.05) is 128 Å². The molecule has 224 valence electrons. The van der Waals surface area contributed by atoms with E-state index in [1.165, 1.54) is 51.4 Å². The summed E-state index contributed by atoms with van der Waals surface area (Å²) in [5.41, 5.74) is 1.15. The van der Waals surface area contributed by atoms with Crippen molar-refractivity contribution in [1.29, 1.82) is 0 Å². The van der Waals surface area contributed by atoms with E-state index in [0.717, 1.165) is 63.4 Å². The van der Waals surface area contributed by atoms with Gasteiger partial charge in [-0.3, -0.25) is 4.79 Å². The number of unbranched alkanes of at least 4 members (excludes halogenated alkanes) is 11. The summed E-state index contributed by atoms with van der Waals surface area (Å²) in [7, 11) is 0. The summed E-state index contributed by atoms with van der Waals surface area (Å²) in [5.74, 6) is -1.28. The third-order valence-corrected chi connectivity index (χ3v) is 8.05. The van der Waals surface area contributed by atoms with Crippen LogP contribution >= 0.6 is 0 Å². The van der Waals surface area contributed by atoms with Crippen molar-refractivity contribution in [2.24, 2.45) is 5.92 Å². The first-order chi connectivity index (χ1) is 19.1. The van der Waals surface area contributed by atoms with Gasteiger partial charge in [0.2, 0.25) is 0 Å². The maximum absolute atomic E-state index is 12.5. The molecular formula is C34H58O5. The second-order valence-electron chi connectivity index (χ2n) is 11.5. The van der Waals surface area contributed by atoms with Crippen LogP contribution in [-0.4, -0.2) is 36.2 Å². The minimum absolute atomic E-state index is 0.0270. The molecular weight excluding hydrogens is 488 g/mol. The Balaban J connectivity index is 2.00. The van der Waals surface area contributed by atoms with Gasteiger partial charge in [0.1, 0.15) is 0 Å². The van der Waals surface area contributed by atoms with Gasteiger partial charge in [0.05, 0.1) is 24.7 Å². The fraction of sp³-hybridized carbons (Fsp3) is 0.794. The van der Waals surface area contributed by atoms with E-state index < -0.39 is 18.0 Å². The number of benzene rings is 1. The smallest absolute Gasteiger partial charge is 0.309 e. The number of ether oxygens (including phenoxy) is 3. The Bertz CT molecular complexity index is 703. The van der Waals surface area contributed by atoms with Crippen LogP contribution in [0.3, 0.4) is 0 Å². The van der Waals surface area contributed by atoms with E-state index in [2.05, 4.69) is 26.0 Å². The summed E-state index contributed by atoms with van der Waals surface area (Å²) in [4.78, 5) is 12.5. The van der Waals surface area contributed by atoms with Crippen LogP contribution < -0.4 is 0 Å². The average Bonchev–Trinajstić information content (AvgIpc) is 2.95. The number of hydrogen-bond donors (Lipinski definition) is 1. The highest BCUT2D eigenvalue weighted by atomic mass is 16.7. The zero-order chi connectivity index (χ0) is 28.0. The van der Waals surface area contributed by atoms with Crippen LogP contribution in [0.2, 0.25) is 0 Å². The second kappa shape index (κ2) is 22.3. The highest BCUT2D eigenvalue weighted by Gasteiger charge is 2.34. The van der Waals surface area contributed by atoms with Crippen LogP contribution in [0.15, 0.2) is 30.3 Å². The summed E-state index contributed by atoms with van der Waals surface area (Å²) in [6, 6.07) is 10.3. The van der Waals surface area contributed by atoms with Gasteiger partial charge in [-0.15, -0.1) is 0 Å². The molecule has 4 unspecified atom stereocenters. The number of rotatable bonds is 24. The maximum Gasteiger partial charge on any atom is 0.309 e. The van der Waals surface area contributed by atoms with E-state index in [1.807, 2.05) is 18.2 Å². The molecule has 1 aliphatic heterocycles.